The second kappa shape index (κ2) is 6.44. The average molecular weight is 322 g/mol. The van der Waals surface area contributed by atoms with Crippen molar-refractivity contribution in [1.82, 2.24) is 4.72 Å². The van der Waals surface area contributed by atoms with E-state index in [1.807, 2.05) is 0 Å². The van der Waals surface area contributed by atoms with Gasteiger partial charge in [0.2, 0.25) is 10.0 Å². The molecule has 1 aliphatic rings. The number of benzene rings is 1. The molecule has 1 aromatic carbocycles. The van der Waals surface area contributed by atoms with Crippen LogP contribution in [0.15, 0.2) is 18.2 Å². The third-order valence-electron chi connectivity index (χ3n) is 3.35. The van der Waals surface area contributed by atoms with Crippen LogP contribution in [0.2, 0.25) is 10.0 Å². The summed E-state index contributed by atoms with van der Waals surface area (Å²) in [6.07, 6.45) is 5.18. The number of nitrogens with one attached hydrogen (secondary N) is 1. The predicted molar refractivity (Wildman–Crippen MR) is 79.1 cm³/mol. The Labute approximate surface area is 124 Å². The Morgan fingerprint density at radius 2 is 1.68 bits per heavy atom. The van der Waals surface area contributed by atoms with E-state index in [0.717, 1.165) is 25.7 Å². The van der Waals surface area contributed by atoms with Gasteiger partial charge in [0.25, 0.3) is 0 Å². The molecule has 1 fully saturated rings. The number of hydrogen-bond donors (Lipinski definition) is 1. The first kappa shape index (κ1) is 15.1. The summed E-state index contributed by atoms with van der Waals surface area (Å²) in [4.78, 5) is 0. The Bertz CT molecular complexity index is 519. The van der Waals surface area contributed by atoms with Gasteiger partial charge >= 0.3 is 0 Å². The Morgan fingerprint density at radius 3 is 2.26 bits per heavy atom. The number of halogens is 2. The van der Waals surface area contributed by atoms with Crippen molar-refractivity contribution in [3.05, 3.63) is 33.8 Å². The SMILES string of the molecule is O=S(=O)(Cc1c(Cl)cccc1Cl)NC1CCCCC1. The first-order valence-corrected chi connectivity index (χ1v) is 8.82. The van der Waals surface area contributed by atoms with Crippen molar-refractivity contribution in [2.24, 2.45) is 0 Å². The minimum absolute atomic E-state index is 0.0556. The molecule has 1 aromatic rings. The zero-order valence-electron chi connectivity index (χ0n) is 10.5. The summed E-state index contributed by atoms with van der Waals surface area (Å²) in [6.45, 7) is 0. The van der Waals surface area contributed by atoms with Crippen LogP contribution >= 0.6 is 23.2 Å². The van der Waals surface area contributed by atoms with Crippen molar-refractivity contribution in [2.75, 3.05) is 0 Å². The van der Waals surface area contributed by atoms with Gasteiger partial charge in [0.1, 0.15) is 0 Å². The molecule has 1 saturated carbocycles. The second-order valence-electron chi connectivity index (χ2n) is 4.91. The molecule has 2 rings (SSSR count). The smallest absolute Gasteiger partial charge is 0.212 e. The molecule has 0 unspecified atom stereocenters. The van der Waals surface area contributed by atoms with E-state index in [0.29, 0.717) is 15.6 Å². The molecule has 0 spiro atoms. The van der Waals surface area contributed by atoms with Crippen molar-refractivity contribution in [1.29, 1.82) is 0 Å². The lowest BCUT2D eigenvalue weighted by Gasteiger charge is -2.22. The highest BCUT2D eigenvalue weighted by atomic mass is 35.5. The van der Waals surface area contributed by atoms with Crippen molar-refractivity contribution in [2.45, 2.75) is 43.9 Å². The molecule has 19 heavy (non-hydrogen) atoms. The first-order chi connectivity index (χ1) is 8.98. The first-order valence-electron chi connectivity index (χ1n) is 6.41. The summed E-state index contributed by atoms with van der Waals surface area (Å²) < 4.78 is 27.0. The molecule has 0 atom stereocenters. The molecule has 0 aliphatic heterocycles. The third-order valence-corrected chi connectivity index (χ3v) is 5.42. The fourth-order valence-corrected chi connectivity index (χ4v) is 4.58. The molecule has 1 N–H and O–H groups in total. The van der Waals surface area contributed by atoms with E-state index in [2.05, 4.69) is 4.72 Å². The molecule has 3 nitrogen and oxygen atoms in total. The van der Waals surface area contributed by atoms with Crippen LogP contribution in [0.5, 0.6) is 0 Å². The van der Waals surface area contributed by atoms with E-state index in [-0.39, 0.29) is 11.8 Å². The van der Waals surface area contributed by atoms with Gasteiger partial charge in [0.15, 0.2) is 0 Å². The fourth-order valence-electron chi connectivity index (χ4n) is 2.38. The van der Waals surface area contributed by atoms with Crippen LogP contribution in [-0.4, -0.2) is 14.5 Å². The Morgan fingerprint density at radius 1 is 1.11 bits per heavy atom. The third kappa shape index (κ3) is 4.35. The van der Waals surface area contributed by atoms with E-state index in [1.165, 1.54) is 6.42 Å². The van der Waals surface area contributed by atoms with Crippen LogP contribution in [0.4, 0.5) is 0 Å². The van der Waals surface area contributed by atoms with Crippen LogP contribution in [0, 0.1) is 0 Å². The Kier molecular flexibility index (Phi) is 5.12. The lowest BCUT2D eigenvalue weighted by atomic mass is 9.96. The monoisotopic (exact) mass is 321 g/mol. The van der Waals surface area contributed by atoms with Crippen LogP contribution in [-0.2, 0) is 15.8 Å². The summed E-state index contributed by atoms with van der Waals surface area (Å²) in [5, 5.41) is 0.781. The van der Waals surface area contributed by atoms with Crippen molar-refractivity contribution in [3.8, 4) is 0 Å². The van der Waals surface area contributed by atoms with Crippen molar-refractivity contribution < 1.29 is 8.42 Å². The van der Waals surface area contributed by atoms with Gasteiger partial charge in [0, 0.05) is 21.7 Å². The molecule has 1 aliphatic carbocycles. The summed E-state index contributed by atoms with van der Waals surface area (Å²) in [6, 6.07) is 5.06. The molecule has 0 saturated heterocycles. The maximum atomic E-state index is 12.1. The molecule has 0 aromatic heterocycles. The predicted octanol–water partition coefficient (Wildman–Crippen LogP) is 3.75. The van der Waals surface area contributed by atoms with Gasteiger partial charge in [-0.3, -0.25) is 0 Å². The maximum absolute atomic E-state index is 12.1. The largest absolute Gasteiger partial charge is 0.216 e. The van der Waals surface area contributed by atoms with E-state index in [4.69, 9.17) is 23.2 Å². The number of hydrogen-bond acceptors (Lipinski definition) is 2. The topological polar surface area (TPSA) is 46.2 Å². The summed E-state index contributed by atoms with van der Waals surface area (Å²) in [7, 11) is -3.40. The lowest BCUT2D eigenvalue weighted by molar-refractivity contribution is 0.412. The highest BCUT2D eigenvalue weighted by Gasteiger charge is 2.22. The van der Waals surface area contributed by atoms with Crippen LogP contribution < -0.4 is 4.72 Å². The molecule has 0 amide bonds. The maximum Gasteiger partial charge on any atom is 0.216 e. The van der Waals surface area contributed by atoms with Crippen molar-refractivity contribution in [3.63, 3.8) is 0 Å². The summed E-state index contributed by atoms with van der Waals surface area (Å²) in [5.41, 5.74) is 0.467. The molecular weight excluding hydrogens is 305 g/mol. The molecular formula is C13H17Cl2NO2S. The van der Waals surface area contributed by atoms with Crippen molar-refractivity contribution >= 4 is 33.2 Å². The van der Waals surface area contributed by atoms with Crippen LogP contribution in [0.3, 0.4) is 0 Å². The summed E-state index contributed by atoms with van der Waals surface area (Å²) in [5.74, 6) is -0.165. The van der Waals surface area contributed by atoms with Gasteiger partial charge < -0.3 is 0 Å². The Balaban J connectivity index is 2.08. The van der Waals surface area contributed by atoms with Gasteiger partial charge in [-0.25, -0.2) is 13.1 Å². The second-order valence-corrected chi connectivity index (χ2v) is 7.48. The lowest BCUT2D eigenvalue weighted by Crippen LogP contribution is -2.36. The normalized spacial score (nSPS) is 17.6. The number of sulfonamides is 1. The average Bonchev–Trinajstić information content (AvgIpc) is 2.35. The van der Waals surface area contributed by atoms with Gasteiger partial charge in [0.05, 0.1) is 5.75 Å². The minimum Gasteiger partial charge on any atom is -0.212 e. The molecule has 0 radical (unpaired) electrons. The molecule has 106 valence electrons. The highest BCUT2D eigenvalue weighted by molar-refractivity contribution is 7.88. The zero-order chi connectivity index (χ0) is 13.9. The Hall–Kier alpha value is -0.290. The quantitative estimate of drug-likeness (QED) is 0.918. The van der Waals surface area contributed by atoms with Gasteiger partial charge in [-0.15, -0.1) is 0 Å². The van der Waals surface area contributed by atoms with E-state index < -0.39 is 10.0 Å². The fraction of sp³-hybridized carbons (Fsp3) is 0.538. The zero-order valence-corrected chi connectivity index (χ0v) is 12.9. The van der Waals surface area contributed by atoms with E-state index in [1.54, 1.807) is 18.2 Å². The van der Waals surface area contributed by atoms with Gasteiger partial charge in [-0.1, -0.05) is 48.5 Å². The minimum atomic E-state index is -3.40. The van der Waals surface area contributed by atoms with Gasteiger partial charge in [-0.2, -0.15) is 0 Å². The van der Waals surface area contributed by atoms with E-state index >= 15 is 0 Å². The van der Waals surface area contributed by atoms with E-state index in [9.17, 15) is 8.42 Å². The van der Waals surface area contributed by atoms with Crippen LogP contribution in [0.25, 0.3) is 0 Å². The van der Waals surface area contributed by atoms with Crippen LogP contribution in [0.1, 0.15) is 37.7 Å². The summed E-state index contributed by atoms with van der Waals surface area (Å²) >= 11 is 12.0. The number of rotatable bonds is 4. The van der Waals surface area contributed by atoms with Gasteiger partial charge in [-0.05, 0) is 25.0 Å². The molecule has 6 heteroatoms. The molecule has 0 heterocycles. The molecule has 0 bridgehead atoms. The highest BCUT2D eigenvalue weighted by Crippen LogP contribution is 2.26. The standard InChI is InChI=1S/C13H17Cl2NO2S/c14-12-7-4-8-13(15)11(12)9-19(17,18)16-10-5-2-1-3-6-10/h4,7-8,10,16H,1-3,5-6,9H2.